The van der Waals surface area contributed by atoms with E-state index in [4.69, 9.17) is 14.2 Å². The lowest BCUT2D eigenvalue weighted by atomic mass is 10.0. The van der Waals surface area contributed by atoms with Gasteiger partial charge in [0.1, 0.15) is 13.2 Å². The number of rotatable bonds is 69. The van der Waals surface area contributed by atoms with E-state index in [0.29, 0.717) is 19.3 Å². The molecule has 478 valence electrons. The Balaban J connectivity index is 4.09. The van der Waals surface area contributed by atoms with E-state index in [1.807, 2.05) is 0 Å². The van der Waals surface area contributed by atoms with Crippen LogP contribution in [0.15, 0.2) is 24.3 Å². The molecule has 1 atom stereocenters. The van der Waals surface area contributed by atoms with Crippen molar-refractivity contribution in [1.82, 2.24) is 0 Å². The Labute approximate surface area is 506 Å². The van der Waals surface area contributed by atoms with Gasteiger partial charge in [-0.05, 0) is 70.6 Å². The van der Waals surface area contributed by atoms with E-state index in [1.54, 1.807) is 0 Å². The largest absolute Gasteiger partial charge is 0.462 e. The Hall–Kier alpha value is -2.11. The van der Waals surface area contributed by atoms with Gasteiger partial charge in [0.2, 0.25) is 0 Å². The van der Waals surface area contributed by atoms with Gasteiger partial charge in [0.05, 0.1) is 0 Å². The minimum absolute atomic E-state index is 0.0671. The molecule has 0 aliphatic carbocycles. The van der Waals surface area contributed by atoms with E-state index in [0.717, 1.165) is 64.2 Å². The molecule has 0 rings (SSSR count). The van der Waals surface area contributed by atoms with Crippen LogP contribution in [0.5, 0.6) is 0 Å². The van der Waals surface area contributed by atoms with Gasteiger partial charge in [0, 0.05) is 19.3 Å². The van der Waals surface area contributed by atoms with Gasteiger partial charge in [-0.15, -0.1) is 0 Å². The lowest BCUT2D eigenvalue weighted by Crippen LogP contribution is -2.30. The molecule has 0 aromatic rings. The SMILES string of the molecule is CCCCCC/C=C\CCCCCCCC(=O)OCC(COC(=O)CCCCCCCCCCCCCCCCCCCCCCC/C=C\CCCCCCCCCC)OC(=O)CCCCCCCCCCCCCCCCCCC. The highest BCUT2D eigenvalue weighted by molar-refractivity contribution is 5.71. The first-order valence-electron chi connectivity index (χ1n) is 36.8. The molecule has 6 heteroatoms. The molecule has 0 aromatic heterocycles. The van der Waals surface area contributed by atoms with Gasteiger partial charge in [-0.1, -0.05) is 353 Å². The number of unbranched alkanes of at least 4 members (excludes halogenated alkanes) is 54. The maximum absolute atomic E-state index is 12.9. The molecule has 6 nitrogen and oxygen atoms in total. The zero-order chi connectivity index (χ0) is 58.5. The second-order valence-electron chi connectivity index (χ2n) is 25.2. The third kappa shape index (κ3) is 68.6. The fourth-order valence-corrected chi connectivity index (χ4v) is 11.4. The van der Waals surface area contributed by atoms with Crippen LogP contribution >= 0.6 is 0 Å². The summed E-state index contributed by atoms with van der Waals surface area (Å²) in [5.74, 6) is -0.844. The Kier molecular flexibility index (Phi) is 68.5. The van der Waals surface area contributed by atoms with Crippen LogP contribution in [0, 0.1) is 0 Å². The smallest absolute Gasteiger partial charge is 0.306 e. The third-order valence-electron chi connectivity index (χ3n) is 16.9. The molecule has 81 heavy (non-hydrogen) atoms. The number of carbonyl (C=O) groups is 3. The van der Waals surface area contributed by atoms with Gasteiger partial charge in [-0.3, -0.25) is 14.4 Å². The average Bonchev–Trinajstić information content (AvgIpc) is 3.46. The normalized spacial score (nSPS) is 12.1. The van der Waals surface area contributed by atoms with Crippen molar-refractivity contribution < 1.29 is 28.6 Å². The van der Waals surface area contributed by atoms with Crippen LogP contribution in [0.2, 0.25) is 0 Å². The molecular weight excluding hydrogens is 997 g/mol. The quantitative estimate of drug-likeness (QED) is 0.0261. The van der Waals surface area contributed by atoms with Gasteiger partial charge in [-0.25, -0.2) is 0 Å². The number of hydrogen-bond donors (Lipinski definition) is 0. The zero-order valence-corrected chi connectivity index (χ0v) is 55.1. The number of esters is 3. The van der Waals surface area contributed by atoms with Crippen molar-refractivity contribution in [2.75, 3.05) is 13.2 Å². The van der Waals surface area contributed by atoms with Crippen molar-refractivity contribution >= 4 is 17.9 Å². The molecule has 0 fully saturated rings. The molecule has 1 unspecified atom stereocenters. The second kappa shape index (κ2) is 70.4. The highest BCUT2D eigenvalue weighted by Gasteiger charge is 2.19. The van der Waals surface area contributed by atoms with E-state index < -0.39 is 6.10 Å². The molecular formula is C75H142O6. The third-order valence-corrected chi connectivity index (χ3v) is 16.9. The van der Waals surface area contributed by atoms with E-state index in [2.05, 4.69) is 45.1 Å². The van der Waals surface area contributed by atoms with Crippen LogP contribution in [0.25, 0.3) is 0 Å². The minimum Gasteiger partial charge on any atom is -0.462 e. The maximum Gasteiger partial charge on any atom is 0.306 e. The van der Waals surface area contributed by atoms with Crippen molar-refractivity contribution in [3.63, 3.8) is 0 Å². The average molecular weight is 1140 g/mol. The summed E-state index contributed by atoms with van der Waals surface area (Å²) < 4.78 is 17.0. The van der Waals surface area contributed by atoms with Gasteiger partial charge < -0.3 is 14.2 Å². The molecule has 0 saturated heterocycles. The minimum atomic E-state index is -0.771. The zero-order valence-electron chi connectivity index (χ0n) is 55.1. The Morgan fingerprint density at radius 2 is 0.407 bits per heavy atom. The van der Waals surface area contributed by atoms with Crippen molar-refractivity contribution in [3.05, 3.63) is 24.3 Å². The van der Waals surface area contributed by atoms with Gasteiger partial charge in [-0.2, -0.15) is 0 Å². The van der Waals surface area contributed by atoms with E-state index in [1.165, 1.54) is 315 Å². The summed E-state index contributed by atoms with van der Waals surface area (Å²) >= 11 is 0. The molecule has 0 bridgehead atoms. The summed E-state index contributed by atoms with van der Waals surface area (Å²) in [6, 6.07) is 0. The highest BCUT2D eigenvalue weighted by Crippen LogP contribution is 2.19. The topological polar surface area (TPSA) is 78.9 Å². The van der Waals surface area contributed by atoms with Crippen LogP contribution < -0.4 is 0 Å². The van der Waals surface area contributed by atoms with Crippen LogP contribution in [0.1, 0.15) is 419 Å². The summed E-state index contributed by atoms with van der Waals surface area (Å²) in [7, 11) is 0. The highest BCUT2D eigenvalue weighted by atomic mass is 16.6. The Bertz CT molecular complexity index is 1310. The van der Waals surface area contributed by atoms with Gasteiger partial charge in [0.15, 0.2) is 6.10 Å². The summed E-state index contributed by atoms with van der Waals surface area (Å²) in [4.78, 5) is 38.4. The van der Waals surface area contributed by atoms with E-state index >= 15 is 0 Å². The monoisotopic (exact) mass is 1140 g/mol. The van der Waals surface area contributed by atoms with Crippen LogP contribution in [-0.2, 0) is 28.6 Å². The van der Waals surface area contributed by atoms with Crippen LogP contribution in [0.4, 0.5) is 0 Å². The number of hydrogen-bond acceptors (Lipinski definition) is 6. The summed E-state index contributed by atoms with van der Waals surface area (Å²) in [5.41, 5.74) is 0. The van der Waals surface area contributed by atoms with Gasteiger partial charge in [0.25, 0.3) is 0 Å². The summed E-state index contributed by atoms with van der Waals surface area (Å²) in [6.07, 6.45) is 86.6. The standard InChI is InChI=1S/C75H142O6/c1-4-7-10-13-16-19-22-25-27-29-30-31-32-33-34-35-36-37-38-39-40-41-42-43-44-46-47-50-53-56-59-62-65-68-74(77)80-71-72(70-79-73(76)67-64-61-58-55-52-49-24-21-18-15-12-9-6-3)81-75(78)69-66-63-60-57-54-51-48-45-28-26-23-20-17-14-11-8-5-2/h21,24,29-30,72H,4-20,22-23,25-28,31-71H2,1-3H3/b24-21-,30-29-. The first-order chi connectivity index (χ1) is 40.0. The Morgan fingerprint density at radius 1 is 0.235 bits per heavy atom. The van der Waals surface area contributed by atoms with Crippen molar-refractivity contribution in [2.24, 2.45) is 0 Å². The lowest BCUT2D eigenvalue weighted by Gasteiger charge is -2.18. The number of carbonyl (C=O) groups excluding carboxylic acids is 3. The number of allylic oxidation sites excluding steroid dienone is 4. The van der Waals surface area contributed by atoms with Crippen molar-refractivity contribution in [2.45, 2.75) is 425 Å². The fourth-order valence-electron chi connectivity index (χ4n) is 11.4. The molecule has 0 spiro atoms. The molecule has 0 aliphatic rings. The summed E-state index contributed by atoms with van der Waals surface area (Å²) in [6.45, 7) is 6.70. The molecule has 0 heterocycles. The van der Waals surface area contributed by atoms with Crippen LogP contribution in [0.3, 0.4) is 0 Å². The Morgan fingerprint density at radius 3 is 0.630 bits per heavy atom. The predicted octanol–water partition coefficient (Wildman–Crippen LogP) is 25.3. The van der Waals surface area contributed by atoms with Crippen molar-refractivity contribution in [1.29, 1.82) is 0 Å². The molecule has 0 amide bonds. The lowest BCUT2D eigenvalue weighted by molar-refractivity contribution is -0.167. The van der Waals surface area contributed by atoms with E-state index in [9.17, 15) is 14.4 Å². The second-order valence-corrected chi connectivity index (χ2v) is 25.2. The summed E-state index contributed by atoms with van der Waals surface area (Å²) in [5, 5.41) is 0. The number of ether oxygens (including phenoxy) is 3. The van der Waals surface area contributed by atoms with E-state index in [-0.39, 0.29) is 31.1 Å². The fraction of sp³-hybridized carbons (Fsp3) is 0.907. The van der Waals surface area contributed by atoms with Gasteiger partial charge >= 0.3 is 17.9 Å². The molecule has 0 aromatic carbocycles. The maximum atomic E-state index is 12.9. The first-order valence-corrected chi connectivity index (χ1v) is 36.8. The molecule has 0 aliphatic heterocycles. The van der Waals surface area contributed by atoms with Crippen LogP contribution in [-0.4, -0.2) is 37.2 Å². The first kappa shape index (κ1) is 78.9. The molecule has 0 radical (unpaired) electrons. The van der Waals surface area contributed by atoms with Crippen molar-refractivity contribution in [3.8, 4) is 0 Å². The predicted molar refractivity (Wildman–Crippen MR) is 353 cm³/mol. The molecule has 0 N–H and O–H groups in total. The molecule has 0 saturated carbocycles.